The van der Waals surface area contributed by atoms with Crippen LogP contribution >= 0.6 is 0 Å². The number of alkyl halides is 2. The van der Waals surface area contributed by atoms with E-state index in [2.05, 4.69) is 17.4 Å². The van der Waals surface area contributed by atoms with Gasteiger partial charge in [0, 0.05) is 38.4 Å². The minimum absolute atomic E-state index is 0.0303. The average Bonchev–Trinajstić information content (AvgIpc) is 3.15. The molecule has 2 aromatic rings. The molecule has 1 aliphatic carbocycles. The number of likely N-dealkylation sites (tertiary alicyclic amines) is 1. The second-order valence-electron chi connectivity index (χ2n) is 8.95. The van der Waals surface area contributed by atoms with Gasteiger partial charge >= 0.3 is 12.1 Å². The van der Waals surface area contributed by atoms with E-state index < -0.39 is 36.9 Å². The highest BCUT2D eigenvalue weighted by Crippen LogP contribution is 2.44. The van der Waals surface area contributed by atoms with Crippen LogP contribution in [0.15, 0.2) is 48.5 Å². The third kappa shape index (κ3) is 5.44. The van der Waals surface area contributed by atoms with Gasteiger partial charge in [0.2, 0.25) is 5.91 Å². The number of carbonyl (C=O) groups excluding carboxylic acids is 2. The van der Waals surface area contributed by atoms with Crippen LogP contribution in [-0.4, -0.2) is 60.1 Å². The molecule has 2 N–H and O–H groups in total. The van der Waals surface area contributed by atoms with Gasteiger partial charge < -0.3 is 20.1 Å². The lowest BCUT2D eigenvalue weighted by Crippen LogP contribution is -2.52. The van der Waals surface area contributed by atoms with Gasteiger partial charge in [-0.2, -0.15) is 0 Å². The van der Waals surface area contributed by atoms with Crippen LogP contribution in [0.5, 0.6) is 0 Å². The first-order valence-corrected chi connectivity index (χ1v) is 11.7. The van der Waals surface area contributed by atoms with Crippen LogP contribution < -0.4 is 5.32 Å². The number of ether oxygens (including phenoxy) is 1. The second-order valence-corrected chi connectivity index (χ2v) is 8.95. The number of rotatable bonds is 8. The lowest BCUT2D eigenvalue weighted by molar-refractivity contribution is -0.169. The lowest BCUT2D eigenvalue weighted by atomic mass is 9.93. The van der Waals surface area contributed by atoms with Gasteiger partial charge in [-0.05, 0) is 35.1 Å². The zero-order valence-electron chi connectivity index (χ0n) is 19.2. The molecular formula is C26H28F2N2O5. The SMILES string of the molecule is O=C(NCCCCC(=O)N1CCC(F)(F)C(C(=O)O)C1)OCC1c2ccccc2-c2ccccc21. The molecule has 2 aromatic carbocycles. The summed E-state index contributed by atoms with van der Waals surface area (Å²) in [5.74, 6) is -7.17. The molecule has 1 saturated heterocycles. The summed E-state index contributed by atoms with van der Waals surface area (Å²) < 4.78 is 32.9. The number of aliphatic carboxylic acids is 1. The van der Waals surface area contributed by atoms with Gasteiger partial charge in [-0.25, -0.2) is 13.6 Å². The monoisotopic (exact) mass is 486 g/mol. The number of nitrogens with zero attached hydrogens (tertiary/aromatic N) is 1. The summed E-state index contributed by atoms with van der Waals surface area (Å²) >= 11 is 0. The fourth-order valence-electron chi connectivity index (χ4n) is 4.79. The van der Waals surface area contributed by atoms with E-state index in [1.165, 1.54) is 4.90 Å². The van der Waals surface area contributed by atoms with Crippen molar-refractivity contribution in [2.45, 2.75) is 37.5 Å². The number of carboxylic acids is 1. The summed E-state index contributed by atoms with van der Waals surface area (Å²) in [4.78, 5) is 36.8. The first-order chi connectivity index (χ1) is 16.8. The van der Waals surface area contributed by atoms with Gasteiger partial charge in [0.25, 0.3) is 5.92 Å². The van der Waals surface area contributed by atoms with E-state index in [9.17, 15) is 23.2 Å². The largest absolute Gasteiger partial charge is 0.481 e. The van der Waals surface area contributed by atoms with Crippen molar-refractivity contribution >= 4 is 18.0 Å². The van der Waals surface area contributed by atoms with Gasteiger partial charge in [0.15, 0.2) is 0 Å². The Morgan fingerprint density at radius 2 is 1.66 bits per heavy atom. The molecule has 0 saturated carbocycles. The van der Waals surface area contributed by atoms with Gasteiger partial charge in [-0.1, -0.05) is 48.5 Å². The van der Waals surface area contributed by atoms with Gasteiger partial charge in [-0.3, -0.25) is 9.59 Å². The summed E-state index contributed by atoms with van der Waals surface area (Å²) in [5.41, 5.74) is 4.55. The molecule has 35 heavy (non-hydrogen) atoms. The Balaban J connectivity index is 1.17. The number of nitrogens with one attached hydrogen (secondary N) is 1. The summed E-state index contributed by atoms with van der Waals surface area (Å²) in [6.07, 6.45) is -0.153. The molecule has 0 radical (unpaired) electrons. The Morgan fingerprint density at radius 1 is 1.03 bits per heavy atom. The number of carboxylic acid groups (broad SMARTS) is 1. The van der Waals surface area contributed by atoms with E-state index >= 15 is 0 Å². The van der Waals surface area contributed by atoms with Crippen LogP contribution in [-0.2, 0) is 14.3 Å². The number of unbranched alkanes of at least 4 members (excludes halogenated alkanes) is 1. The molecular weight excluding hydrogens is 458 g/mol. The van der Waals surface area contributed by atoms with Crippen molar-refractivity contribution in [3.63, 3.8) is 0 Å². The predicted molar refractivity (Wildman–Crippen MR) is 124 cm³/mol. The van der Waals surface area contributed by atoms with Crippen molar-refractivity contribution in [3.8, 4) is 11.1 Å². The summed E-state index contributed by atoms with van der Waals surface area (Å²) in [5, 5.41) is 11.7. The van der Waals surface area contributed by atoms with Crippen LogP contribution in [0.2, 0.25) is 0 Å². The number of halogens is 2. The third-order valence-corrected chi connectivity index (χ3v) is 6.71. The Kier molecular flexibility index (Phi) is 7.33. The molecule has 1 unspecified atom stereocenters. The third-order valence-electron chi connectivity index (χ3n) is 6.71. The van der Waals surface area contributed by atoms with E-state index in [4.69, 9.17) is 9.84 Å². The van der Waals surface area contributed by atoms with E-state index in [0.29, 0.717) is 19.4 Å². The number of hydrogen-bond donors (Lipinski definition) is 2. The maximum Gasteiger partial charge on any atom is 0.407 e. The van der Waals surface area contributed by atoms with Crippen molar-refractivity contribution in [3.05, 3.63) is 59.7 Å². The van der Waals surface area contributed by atoms with E-state index in [1.807, 2.05) is 36.4 Å². The lowest BCUT2D eigenvalue weighted by Gasteiger charge is -2.36. The first-order valence-electron chi connectivity index (χ1n) is 11.7. The van der Waals surface area contributed by atoms with Crippen molar-refractivity contribution < 1.29 is 33.0 Å². The number of piperidine rings is 1. The van der Waals surface area contributed by atoms with E-state index in [0.717, 1.165) is 22.3 Å². The zero-order chi connectivity index (χ0) is 25.0. The number of fused-ring (bicyclic) bond motifs is 3. The van der Waals surface area contributed by atoms with Crippen molar-refractivity contribution in [1.82, 2.24) is 10.2 Å². The Morgan fingerprint density at radius 3 is 2.29 bits per heavy atom. The van der Waals surface area contributed by atoms with Crippen molar-refractivity contribution in [1.29, 1.82) is 0 Å². The molecule has 0 spiro atoms. The fraction of sp³-hybridized carbons (Fsp3) is 0.423. The zero-order valence-corrected chi connectivity index (χ0v) is 19.2. The minimum Gasteiger partial charge on any atom is -0.481 e. The summed E-state index contributed by atoms with van der Waals surface area (Å²) in [6, 6.07) is 16.1. The van der Waals surface area contributed by atoms with Crippen LogP contribution in [0.25, 0.3) is 11.1 Å². The molecule has 1 atom stereocenters. The topological polar surface area (TPSA) is 95.9 Å². The predicted octanol–water partition coefficient (Wildman–Crippen LogP) is 4.26. The summed E-state index contributed by atoms with van der Waals surface area (Å²) in [7, 11) is 0. The normalized spacial score (nSPS) is 18.5. The van der Waals surface area contributed by atoms with E-state index in [-0.39, 0.29) is 31.4 Å². The van der Waals surface area contributed by atoms with Crippen LogP contribution in [0.1, 0.15) is 42.7 Å². The van der Waals surface area contributed by atoms with Crippen LogP contribution in [0, 0.1) is 5.92 Å². The maximum atomic E-state index is 13.7. The van der Waals surface area contributed by atoms with Gasteiger partial charge in [0.05, 0.1) is 0 Å². The molecule has 4 rings (SSSR count). The van der Waals surface area contributed by atoms with Gasteiger partial charge in [-0.15, -0.1) is 0 Å². The van der Waals surface area contributed by atoms with Crippen LogP contribution in [0.4, 0.5) is 13.6 Å². The quantitative estimate of drug-likeness (QED) is 0.544. The average molecular weight is 487 g/mol. The first kappa shape index (κ1) is 24.6. The molecule has 1 aliphatic heterocycles. The molecule has 1 heterocycles. The fourth-order valence-corrected chi connectivity index (χ4v) is 4.79. The smallest absolute Gasteiger partial charge is 0.407 e. The minimum atomic E-state index is -3.31. The number of alkyl carbamates (subject to hydrolysis) is 1. The molecule has 9 heteroatoms. The van der Waals surface area contributed by atoms with Crippen molar-refractivity contribution in [2.24, 2.45) is 5.92 Å². The maximum absolute atomic E-state index is 13.7. The van der Waals surface area contributed by atoms with E-state index in [1.54, 1.807) is 0 Å². The molecule has 7 nitrogen and oxygen atoms in total. The van der Waals surface area contributed by atoms with Crippen molar-refractivity contribution in [2.75, 3.05) is 26.2 Å². The summed E-state index contributed by atoms with van der Waals surface area (Å²) in [6.45, 7) is -0.130. The molecule has 0 aromatic heterocycles. The Bertz CT molecular complexity index is 1060. The van der Waals surface area contributed by atoms with Gasteiger partial charge in [0.1, 0.15) is 12.5 Å². The molecule has 186 valence electrons. The second kappa shape index (κ2) is 10.4. The Hall–Kier alpha value is -3.49. The highest BCUT2D eigenvalue weighted by atomic mass is 19.3. The molecule has 1 fully saturated rings. The van der Waals surface area contributed by atoms with Crippen LogP contribution in [0.3, 0.4) is 0 Å². The number of hydrogen-bond acceptors (Lipinski definition) is 4. The highest BCUT2D eigenvalue weighted by Gasteiger charge is 2.49. The standard InChI is InChI=1S/C26H28F2N2O5/c27-26(28)12-14-30(15-22(26)24(32)33)23(31)11-5-6-13-29-25(34)35-16-21-19-9-3-1-7-17(19)18-8-2-4-10-20(18)21/h1-4,7-10,21-22H,5-6,11-16H2,(H,29,34)(H,32,33). The Labute approximate surface area is 202 Å². The number of carbonyl (C=O) groups is 3. The molecule has 2 aliphatic rings. The molecule has 2 amide bonds. The number of benzene rings is 2. The number of amides is 2. The molecule has 0 bridgehead atoms. The highest BCUT2D eigenvalue weighted by molar-refractivity contribution is 5.79.